The smallest absolute Gasteiger partial charge is 0.236 e. The number of thiophene rings is 1. The molecule has 4 rings (SSSR count). The highest BCUT2D eigenvalue weighted by molar-refractivity contribution is 7.13. The largest absolute Gasteiger partial charge is 0.285 e. The van der Waals surface area contributed by atoms with E-state index >= 15 is 0 Å². The SMILES string of the molecule is Cn1nc(-c2cccs2)c(=O)c2nc3cc(Cl)ccc3nc21. The average Bonchev–Trinajstić information content (AvgIpc) is 3.03. The number of halogens is 1. The summed E-state index contributed by atoms with van der Waals surface area (Å²) in [4.78, 5) is 22.5. The maximum atomic E-state index is 12.7. The van der Waals surface area contributed by atoms with Crippen molar-refractivity contribution in [3.63, 3.8) is 0 Å². The molecule has 22 heavy (non-hydrogen) atoms. The predicted molar refractivity (Wildman–Crippen MR) is 88.4 cm³/mol. The molecule has 0 aliphatic carbocycles. The maximum absolute atomic E-state index is 12.7. The van der Waals surface area contributed by atoms with Crippen molar-refractivity contribution in [2.24, 2.45) is 7.05 Å². The van der Waals surface area contributed by atoms with Crippen LogP contribution in [0.15, 0.2) is 40.5 Å². The second-order valence-electron chi connectivity index (χ2n) is 4.81. The highest BCUT2D eigenvalue weighted by Crippen LogP contribution is 2.22. The average molecular weight is 329 g/mol. The summed E-state index contributed by atoms with van der Waals surface area (Å²) in [5, 5.41) is 6.82. The van der Waals surface area contributed by atoms with Gasteiger partial charge in [-0.3, -0.25) is 4.79 Å². The minimum Gasteiger partial charge on any atom is -0.285 e. The van der Waals surface area contributed by atoms with E-state index < -0.39 is 0 Å². The molecule has 0 aliphatic rings. The third kappa shape index (κ3) is 2.00. The van der Waals surface area contributed by atoms with E-state index in [-0.39, 0.29) is 5.43 Å². The van der Waals surface area contributed by atoms with E-state index in [4.69, 9.17) is 11.6 Å². The van der Waals surface area contributed by atoms with Gasteiger partial charge in [0.15, 0.2) is 16.9 Å². The van der Waals surface area contributed by atoms with Crippen LogP contribution in [0.4, 0.5) is 0 Å². The van der Waals surface area contributed by atoms with Crippen molar-refractivity contribution in [2.75, 3.05) is 0 Å². The van der Waals surface area contributed by atoms with Gasteiger partial charge in [0.05, 0.1) is 15.9 Å². The monoisotopic (exact) mass is 328 g/mol. The van der Waals surface area contributed by atoms with Crippen molar-refractivity contribution >= 4 is 45.1 Å². The van der Waals surface area contributed by atoms with Crippen LogP contribution in [0.2, 0.25) is 5.02 Å². The van der Waals surface area contributed by atoms with Gasteiger partial charge in [-0.15, -0.1) is 11.3 Å². The van der Waals surface area contributed by atoms with Crippen LogP contribution in [0, 0.1) is 0 Å². The fourth-order valence-electron chi connectivity index (χ4n) is 2.33. The minimum absolute atomic E-state index is 0.218. The lowest BCUT2D eigenvalue weighted by molar-refractivity contribution is 0.767. The van der Waals surface area contributed by atoms with Gasteiger partial charge < -0.3 is 0 Å². The molecule has 108 valence electrons. The second-order valence-corrected chi connectivity index (χ2v) is 6.19. The number of hydrogen-bond donors (Lipinski definition) is 0. The first-order valence-electron chi connectivity index (χ1n) is 6.52. The van der Waals surface area contributed by atoms with Crippen LogP contribution >= 0.6 is 22.9 Å². The van der Waals surface area contributed by atoms with Gasteiger partial charge in [0.1, 0.15) is 0 Å². The van der Waals surface area contributed by atoms with E-state index in [2.05, 4.69) is 15.1 Å². The summed E-state index contributed by atoms with van der Waals surface area (Å²) in [7, 11) is 1.76. The van der Waals surface area contributed by atoms with Gasteiger partial charge in [0, 0.05) is 12.1 Å². The van der Waals surface area contributed by atoms with Gasteiger partial charge in [-0.25, -0.2) is 14.6 Å². The summed E-state index contributed by atoms with van der Waals surface area (Å²) in [6, 6.07) is 8.98. The van der Waals surface area contributed by atoms with Crippen LogP contribution in [-0.4, -0.2) is 19.7 Å². The topological polar surface area (TPSA) is 60.7 Å². The van der Waals surface area contributed by atoms with Crippen molar-refractivity contribution in [2.45, 2.75) is 0 Å². The lowest BCUT2D eigenvalue weighted by Gasteiger charge is -2.07. The number of hydrogen-bond acceptors (Lipinski definition) is 5. The zero-order valence-corrected chi connectivity index (χ0v) is 13.0. The first kappa shape index (κ1) is 13.4. The fraction of sp³-hybridized carbons (Fsp3) is 0.0667. The molecular weight excluding hydrogens is 320 g/mol. The molecule has 0 aliphatic heterocycles. The fourth-order valence-corrected chi connectivity index (χ4v) is 3.20. The Hall–Kier alpha value is -2.31. The molecule has 3 heterocycles. The highest BCUT2D eigenvalue weighted by Gasteiger charge is 2.15. The molecule has 0 saturated carbocycles. The molecule has 0 unspecified atom stereocenters. The Kier molecular flexibility index (Phi) is 2.95. The summed E-state index contributed by atoms with van der Waals surface area (Å²) in [5.74, 6) is 0. The number of nitrogens with zero attached hydrogens (tertiary/aromatic N) is 4. The lowest BCUT2D eigenvalue weighted by Crippen LogP contribution is -2.16. The third-order valence-electron chi connectivity index (χ3n) is 3.35. The van der Waals surface area contributed by atoms with Gasteiger partial charge in [0.25, 0.3) is 0 Å². The standard InChI is InChI=1S/C15H9ClN4OS/c1-20-15-13(14(21)12(19-20)11-3-2-6-22-11)17-10-7-8(16)4-5-9(10)18-15/h2-7H,1H3. The first-order chi connectivity index (χ1) is 10.6. The Morgan fingerprint density at radius 3 is 2.82 bits per heavy atom. The summed E-state index contributed by atoms with van der Waals surface area (Å²) < 4.78 is 1.59. The lowest BCUT2D eigenvalue weighted by atomic mass is 10.2. The molecule has 0 spiro atoms. The molecule has 0 bridgehead atoms. The Morgan fingerprint density at radius 1 is 1.18 bits per heavy atom. The van der Waals surface area contributed by atoms with Crippen molar-refractivity contribution in [1.82, 2.24) is 19.7 Å². The van der Waals surface area contributed by atoms with Gasteiger partial charge in [-0.1, -0.05) is 17.7 Å². The highest BCUT2D eigenvalue weighted by atomic mass is 35.5. The Morgan fingerprint density at radius 2 is 2.05 bits per heavy atom. The van der Waals surface area contributed by atoms with Crippen molar-refractivity contribution in [1.29, 1.82) is 0 Å². The summed E-state index contributed by atoms with van der Waals surface area (Å²) in [5.41, 5.74) is 2.21. The van der Waals surface area contributed by atoms with E-state index in [1.807, 2.05) is 17.5 Å². The van der Waals surface area contributed by atoms with Crippen LogP contribution in [0.5, 0.6) is 0 Å². The molecule has 0 radical (unpaired) electrons. The molecule has 0 N–H and O–H groups in total. The number of fused-ring (bicyclic) bond motifs is 2. The molecular formula is C15H9ClN4OS. The van der Waals surface area contributed by atoms with Crippen LogP contribution in [0.25, 0.3) is 32.8 Å². The maximum Gasteiger partial charge on any atom is 0.236 e. The van der Waals surface area contributed by atoms with Crippen molar-refractivity contribution in [3.8, 4) is 10.6 Å². The molecule has 5 nitrogen and oxygen atoms in total. The zero-order valence-electron chi connectivity index (χ0n) is 11.4. The molecule has 4 aromatic rings. The number of rotatable bonds is 1. The quantitative estimate of drug-likeness (QED) is 0.503. The molecule has 3 aromatic heterocycles. The normalized spacial score (nSPS) is 11.4. The number of aromatic nitrogens is 4. The van der Waals surface area contributed by atoms with Crippen LogP contribution < -0.4 is 5.43 Å². The molecule has 1 aromatic carbocycles. The van der Waals surface area contributed by atoms with Crippen molar-refractivity contribution < 1.29 is 0 Å². The molecule has 7 heteroatoms. The van der Waals surface area contributed by atoms with E-state index in [9.17, 15) is 4.79 Å². The molecule has 0 amide bonds. The Bertz CT molecular complexity index is 1070. The Balaban J connectivity index is 2.14. The summed E-state index contributed by atoms with van der Waals surface area (Å²) >= 11 is 7.46. The van der Waals surface area contributed by atoms with Gasteiger partial charge in [-0.05, 0) is 29.6 Å². The van der Waals surface area contributed by atoms with Gasteiger partial charge in [-0.2, -0.15) is 5.10 Å². The second kappa shape index (κ2) is 4.86. The Labute approximate surface area is 133 Å². The van der Waals surface area contributed by atoms with Crippen molar-refractivity contribution in [3.05, 3.63) is 51.0 Å². The van der Waals surface area contributed by atoms with Crippen LogP contribution in [-0.2, 0) is 7.05 Å². The number of aryl methyl sites for hydroxylation is 1. The van der Waals surface area contributed by atoms with Crippen LogP contribution in [0.1, 0.15) is 0 Å². The zero-order chi connectivity index (χ0) is 15.3. The molecule has 0 saturated heterocycles. The molecule has 0 fully saturated rings. The molecule has 0 atom stereocenters. The summed E-state index contributed by atoms with van der Waals surface area (Å²) in [6.45, 7) is 0. The van der Waals surface area contributed by atoms with Gasteiger partial charge in [0.2, 0.25) is 5.43 Å². The van der Waals surface area contributed by atoms with E-state index in [0.717, 1.165) is 4.88 Å². The van der Waals surface area contributed by atoms with E-state index in [1.165, 1.54) is 11.3 Å². The van der Waals surface area contributed by atoms with E-state index in [0.29, 0.717) is 32.9 Å². The number of benzene rings is 1. The van der Waals surface area contributed by atoms with Gasteiger partial charge >= 0.3 is 0 Å². The predicted octanol–water partition coefficient (Wildman–Crippen LogP) is 3.26. The van der Waals surface area contributed by atoms with Crippen LogP contribution in [0.3, 0.4) is 0 Å². The minimum atomic E-state index is -0.218. The summed E-state index contributed by atoms with van der Waals surface area (Å²) in [6.07, 6.45) is 0. The van der Waals surface area contributed by atoms with E-state index in [1.54, 1.807) is 29.9 Å². The first-order valence-corrected chi connectivity index (χ1v) is 7.77. The third-order valence-corrected chi connectivity index (χ3v) is 4.46.